The lowest BCUT2D eigenvalue weighted by molar-refractivity contribution is 0.112. The average molecular weight is 243 g/mol. The van der Waals surface area contributed by atoms with E-state index in [1.54, 1.807) is 18.3 Å². The number of hydrogen-bond acceptors (Lipinski definition) is 5. The van der Waals surface area contributed by atoms with Crippen molar-refractivity contribution in [2.24, 2.45) is 0 Å². The lowest BCUT2D eigenvalue weighted by Crippen LogP contribution is -2.05. The van der Waals surface area contributed by atoms with Crippen LogP contribution in [-0.2, 0) is 0 Å². The number of aromatic nitrogens is 5. The number of pyridine rings is 1. The van der Waals surface area contributed by atoms with Crippen molar-refractivity contribution < 1.29 is 4.79 Å². The van der Waals surface area contributed by atoms with Crippen molar-refractivity contribution in [2.75, 3.05) is 0 Å². The molecule has 3 aromatic rings. The summed E-state index contributed by atoms with van der Waals surface area (Å²) >= 11 is 0. The van der Waals surface area contributed by atoms with Crippen LogP contribution in [-0.4, -0.2) is 31.2 Å². The number of nitrogens with one attached hydrogen (secondary N) is 2. The first-order valence-electron chi connectivity index (χ1n) is 5.03. The van der Waals surface area contributed by atoms with E-state index in [0.717, 1.165) is 6.29 Å². The van der Waals surface area contributed by atoms with Crippen LogP contribution in [0, 0.1) is 0 Å². The molecule has 0 aliphatic heterocycles. The van der Waals surface area contributed by atoms with Crippen LogP contribution in [0.25, 0.3) is 11.2 Å². The third-order valence-corrected chi connectivity index (χ3v) is 2.05. The normalized spacial score (nSPS) is 9.56. The number of H-pyrrole nitrogens is 2. The summed E-state index contributed by atoms with van der Waals surface area (Å²) in [4.78, 5) is 37.3. The van der Waals surface area contributed by atoms with Crippen LogP contribution in [0.4, 0.5) is 0 Å². The number of carbonyl (C=O) groups is 1. The van der Waals surface area contributed by atoms with E-state index in [1.807, 2.05) is 0 Å². The van der Waals surface area contributed by atoms with Crippen LogP contribution >= 0.6 is 0 Å². The Bertz CT molecular complexity index is 689. The summed E-state index contributed by atoms with van der Waals surface area (Å²) in [7, 11) is 0. The molecule has 0 saturated heterocycles. The molecule has 0 unspecified atom stereocenters. The molecular weight excluding hydrogens is 234 g/mol. The molecule has 90 valence electrons. The van der Waals surface area contributed by atoms with Gasteiger partial charge in [0.1, 0.15) is 0 Å². The second-order valence-electron chi connectivity index (χ2n) is 3.24. The summed E-state index contributed by atoms with van der Waals surface area (Å²) in [6.07, 6.45) is 6.69. The van der Waals surface area contributed by atoms with Gasteiger partial charge in [0.25, 0.3) is 5.56 Å². The first kappa shape index (κ1) is 11.6. The Balaban J connectivity index is 0.000000138. The molecule has 0 aliphatic carbocycles. The minimum Gasteiger partial charge on any atom is -0.339 e. The van der Waals surface area contributed by atoms with Gasteiger partial charge in [-0.25, -0.2) is 9.97 Å². The molecule has 0 atom stereocenters. The molecule has 0 saturated carbocycles. The van der Waals surface area contributed by atoms with E-state index in [-0.39, 0.29) is 5.56 Å². The first-order chi connectivity index (χ1) is 8.81. The summed E-state index contributed by atoms with van der Waals surface area (Å²) in [5.74, 6) is 0. The van der Waals surface area contributed by atoms with Crippen molar-refractivity contribution in [1.82, 2.24) is 24.9 Å². The maximum absolute atomic E-state index is 10.9. The standard InChI is InChI=1S/C6H5NO.C5H4N4O/c8-5-6-2-1-3-7-4-6;10-5-3-4(7-1-6-3)8-2-9-5/h1-5H;1-2H,(H2,6,7,8,9,10). The highest BCUT2D eigenvalue weighted by Gasteiger charge is 1.97. The summed E-state index contributed by atoms with van der Waals surface area (Å²) in [5, 5.41) is 0. The van der Waals surface area contributed by atoms with Gasteiger partial charge in [-0.2, -0.15) is 0 Å². The number of carbonyl (C=O) groups excluding carboxylic acids is 1. The van der Waals surface area contributed by atoms with Gasteiger partial charge < -0.3 is 9.97 Å². The zero-order valence-corrected chi connectivity index (χ0v) is 9.20. The molecule has 7 nitrogen and oxygen atoms in total. The third-order valence-electron chi connectivity index (χ3n) is 2.05. The average Bonchev–Trinajstić information content (AvgIpc) is 2.90. The largest absolute Gasteiger partial charge is 0.339 e. The van der Waals surface area contributed by atoms with Gasteiger partial charge in [0.05, 0.1) is 12.7 Å². The van der Waals surface area contributed by atoms with Crippen LogP contribution < -0.4 is 5.56 Å². The second-order valence-corrected chi connectivity index (χ2v) is 3.24. The minimum absolute atomic E-state index is 0.192. The molecule has 3 rings (SSSR count). The predicted molar refractivity (Wildman–Crippen MR) is 64.1 cm³/mol. The Morgan fingerprint density at radius 2 is 1.94 bits per heavy atom. The summed E-state index contributed by atoms with van der Waals surface area (Å²) in [6.45, 7) is 0. The summed E-state index contributed by atoms with van der Waals surface area (Å²) in [6, 6.07) is 3.43. The highest BCUT2D eigenvalue weighted by Crippen LogP contribution is 1.94. The van der Waals surface area contributed by atoms with E-state index in [2.05, 4.69) is 24.9 Å². The van der Waals surface area contributed by atoms with E-state index < -0.39 is 0 Å². The Morgan fingerprint density at radius 3 is 2.50 bits per heavy atom. The Kier molecular flexibility index (Phi) is 3.55. The predicted octanol–water partition coefficient (Wildman–Crippen LogP) is 0.540. The van der Waals surface area contributed by atoms with Crippen molar-refractivity contribution >= 4 is 17.5 Å². The van der Waals surface area contributed by atoms with Gasteiger partial charge in [-0.1, -0.05) is 0 Å². The van der Waals surface area contributed by atoms with Crippen molar-refractivity contribution in [3.8, 4) is 0 Å². The molecule has 0 bridgehead atoms. The maximum Gasteiger partial charge on any atom is 0.276 e. The van der Waals surface area contributed by atoms with Crippen molar-refractivity contribution in [1.29, 1.82) is 0 Å². The molecule has 18 heavy (non-hydrogen) atoms. The van der Waals surface area contributed by atoms with E-state index in [9.17, 15) is 9.59 Å². The van der Waals surface area contributed by atoms with E-state index in [1.165, 1.54) is 18.9 Å². The topological polar surface area (TPSA) is 104 Å². The molecular formula is C11H9N5O2. The highest BCUT2D eigenvalue weighted by molar-refractivity contribution is 5.73. The number of nitrogens with zero attached hydrogens (tertiary/aromatic N) is 3. The van der Waals surface area contributed by atoms with Gasteiger partial charge in [0.15, 0.2) is 17.5 Å². The number of fused-ring (bicyclic) bond motifs is 1. The van der Waals surface area contributed by atoms with E-state index in [4.69, 9.17) is 0 Å². The van der Waals surface area contributed by atoms with Crippen molar-refractivity contribution in [2.45, 2.75) is 0 Å². The number of rotatable bonds is 1. The molecule has 0 fully saturated rings. The number of imidazole rings is 1. The number of aromatic amines is 2. The fraction of sp³-hybridized carbons (Fsp3) is 0. The lowest BCUT2D eigenvalue weighted by Gasteiger charge is -1.81. The van der Waals surface area contributed by atoms with Gasteiger partial charge in [0.2, 0.25) is 0 Å². The van der Waals surface area contributed by atoms with E-state index >= 15 is 0 Å². The molecule has 0 amide bonds. The minimum atomic E-state index is -0.192. The van der Waals surface area contributed by atoms with E-state index in [0.29, 0.717) is 16.7 Å². The second kappa shape index (κ2) is 5.48. The van der Waals surface area contributed by atoms with Gasteiger partial charge in [0, 0.05) is 18.0 Å². The van der Waals surface area contributed by atoms with Gasteiger partial charge >= 0.3 is 0 Å². The zero-order chi connectivity index (χ0) is 12.8. The van der Waals surface area contributed by atoms with Gasteiger partial charge in [-0.05, 0) is 12.1 Å². The Hall–Kier alpha value is -2.83. The van der Waals surface area contributed by atoms with Crippen LogP contribution in [0.5, 0.6) is 0 Å². The maximum atomic E-state index is 10.9. The number of aldehydes is 1. The first-order valence-corrected chi connectivity index (χ1v) is 5.03. The summed E-state index contributed by atoms with van der Waals surface area (Å²) < 4.78 is 0. The SMILES string of the molecule is O=Cc1cccnc1.O=c1[nH]cnc2nc[nH]c12. The Labute approximate surface area is 101 Å². The summed E-state index contributed by atoms with van der Waals surface area (Å²) in [5.41, 5.74) is 1.29. The molecule has 3 aromatic heterocycles. The molecule has 7 heteroatoms. The highest BCUT2D eigenvalue weighted by atomic mass is 16.1. The smallest absolute Gasteiger partial charge is 0.276 e. The zero-order valence-electron chi connectivity index (χ0n) is 9.20. The molecule has 3 heterocycles. The van der Waals surface area contributed by atoms with Crippen LogP contribution in [0.2, 0.25) is 0 Å². The quantitative estimate of drug-likeness (QED) is 0.607. The van der Waals surface area contributed by atoms with Crippen LogP contribution in [0.3, 0.4) is 0 Å². The fourth-order valence-electron chi connectivity index (χ4n) is 1.22. The molecule has 0 radical (unpaired) electrons. The Morgan fingerprint density at radius 1 is 1.17 bits per heavy atom. The van der Waals surface area contributed by atoms with Gasteiger partial charge in [-0.3, -0.25) is 14.6 Å². The monoisotopic (exact) mass is 243 g/mol. The van der Waals surface area contributed by atoms with Crippen LogP contribution in [0.1, 0.15) is 10.4 Å². The molecule has 0 aliphatic rings. The van der Waals surface area contributed by atoms with Crippen molar-refractivity contribution in [3.63, 3.8) is 0 Å². The fourth-order valence-corrected chi connectivity index (χ4v) is 1.22. The molecule has 0 spiro atoms. The van der Waals surface area contributed by atoms with Crippen LogP contribution in [0.15, 0.2) is 42.0 Å². The lowest BCUT2D eigenvalue weighted by atomic mass is 10.3. The third kappa shape index (κ3) is 2.64. The van der Waals surface area contributed by atoms with Gasteiger partial charge in [-0.15, -0.1) is 0 Å². The number of hydrogen-bond donors (Lipinski definition) is 2. The molecule has 2 N–H and O–H groups in total. The molecule has 0 aromatic carbocycles. The van der Waals surface area contributed by atoms with Crippen molar-refractivity contribution in [3.05, 3.63) is 53.1 Å².